The molecule has 0 atom stereocenters. The molecule has 0 saturated heterocycles. The van der Waals surface area contributed by atoms with Crippen LogP contribution < -0.4 is 9.47 Å². The van der Waals surface area contributed by atoms with Crippen LogP contribution in [0.1, 0.15) is 25.0 Å². The molecule has 0 spiro atoms. The first-order valence-corrected chi connectivity index (χ1v) is 8.02. The van der Waals surface area contributed by atoms with Crippen LogP contribution in [0.25, 0.3) is 16.9 Å². The second-order valence-corrected chi connectivity index (χ2v) is 6.63. The van der Waals surface area contributed by atoms with Crippen LogP contribution in [0.15, 0.2) is 48.7 Å². The molecule has 0 fully saturated rings. The molecule has 0 saturated carbocycles. The van der Waals surface area contributed by atoms with Crippen molar-refractivity contribution in [3.05, 3.63) is 59.8 Å². The van der Waals surface area contributed by atoms with E-state index in [9.17, 15) is 0 Å². The lowest BCUT2D eigenvalue weighted by Gasteiger charge is -2.33. The third-order valence-electron chi connectivity index (χ3n) is 4.51. The zero-order chi connectivity index (χ0) is 16.9. The fourth-order valence-electron chi connectivity index (χ4n) is 3.17. The van der Waals surface area contributed by atoms with Gasteiger partial charge in [-0.2, -0.15) is 5.10 Å². The topological polar surface area (TPSA) is 36.3 Å². The number of hydrogen-bond acceptors (Lipinski definition) is 3. The zero-order valence-corrected chi connectivity index (χ0v) is 14.3. The van der Waals surface area contributed by atoms with Crippen LogP contribution in [-0.4, -0.2) is 16.9 Å². The number of aromatic nitrogens is 2. The van der Waals surface area contributed by atoms with E-state index in [1.165, 1.54) is 5.56 Å². The van der Waals surface area contributed by atoms with E-state index >= 15 is 0 Å². The van der Waals surface area contributed by atoms with Gasteiger partial charge >= 0.3 is 0 Å². The molecular weight excluding hydrogens is 300 g/mol. The number of fused-ring (bicyclic) bond motifs is 3. The summed E-state index contributed by atoms with van der Waals surface area (Å²) in [7, 11) is 1.66. The second-order valence-electron chi connectivity index (χ2n) is 6.63. The van der Waals surface area contributed by atoms with Crippen molar-refractivity contribution in [2.75, 3.05) is 7.11 Å². The molecule has 1 aromatic heterocycles. The summed E-state index contributed by atoms with van der Waals surface area (Å²) in [5.41, 5.74) is 5.02. The minimum Gasteiger partial charge on any atom is -0.497 e. The summed E-state index contributed by atoms with van der Waals surface area (Å²) in [5.74, 6) is 1.61. The van der Waals surface area contributed by atoms with E-state index in [1.807, 2.05) is 29.1 Å². The van der Waals surface area contributed by atoms with Crippen LogP contribution >= 0.6 is 0 Å². The standard InChI is InChI=1S/C20H20N2O2/c1-13-5-7-14(8-6-13)22-19-16-10-9-15(23-4)11-18(16)24-20(2,3)17(19)12-21-22/h5-12H,1-4H3. The average Bonchev–Trinajstić information content (AvgIpc) is 3.01. The normalized spacial score (nSPS) is 14.5. The summed E-state index contributed by atoms with van der Waals surface area (Å²) >= 11 is 0. The molecule has 2 heterocycles. The maximum atomic E-state index is 6.22. The van der Waals surface area contributed by atoms with Gasteiger partial charge in [0.2, 0.25) is 0 Å². The van der Waals surface area contributed by atoms with Gasteiger partial charge in [-0.05, 0) is 45.0 Å². The summed E-state index contributed by atoms with van der Waals surface area (Å²) in [6.45, 7) is 6.21. The summed E-state index contributed by atoms with van der Waals surface area (Å²) in [5, 5.41) is 4.64. The predicted octanol–water partition coefficient (Wildman–Crippen LogP) is 4.48. The molecule has 0 N–H and O–H groups in total. The van der Waals surface area contributed by atoms with E-state index in [-0.39, 0.29) is 0 Å². The van der Waals surface area contributed by atoms with Gasteiger partial charge in [-0.1, -0.05) is 17.7 Å². The van der Waals surface area contributed by atoms with Gasteiger partial charge in [0.1, 0.15) is 17.1 Å². The number of methoxy groups -OCH3 is 1. The van der Waals surface area contributed by atoms with Crippen LogP contribution in [-0.2, 0) is 5.60 Å². The van der Waals surface area contributed by atoms with E-state index in [4.69, 9.17) is 9.47 Å². The van der Waals surface area contributed by atoms with Gasteiger partial charge in [0.15, 0.2) is 0 Å². The Balaban J connectivity index is 1.96. The SMILES string of the molecule is COc1ccc2c(c1)OC(C)(C)c1cnn(-c3ccc(C)cc3)c1-2. The van der Waals surface area contributed by atoms with Crippen molar-refractivity contribution in [1.82, 2.24) is 9.78 Å². The maximum absolute atomic E-state index is 6.22. The Labute approximate surface area is 141 Å². The molecule has 24 heavy (non-hydrogen) atoms. The molecule has 1 aliphatic rings. The lowest BCUT2D eigenvalue weighted by molar-refractivity contribution is 0.105. The van der Waals surface area contributed by atoms with Crippen molar-refractivity contribution in [1.29, 1.82) is 0 Å². The molecule has 2 aromatic carbocycles. The smallest absolute Gasteiger partial charge is 0.133 e. The molecule has 4 nitrogen and oxygen atoms in total. The number of aryl methyl sites for hydroxylation is 1. The summed E-state index contributed by atoms with van der Waals surface area (Å²) in [6, 6.07) is 14.3. The largest absolute Gasteiger partial charge is 0.497 e. The Morgan fingerprint density at radius 3 is 2.54 bits per heavy atom. The molecular formula is C20H20N2O2. The van der Waals surface area contributed by atoms with Gasteiger partial charge < -0.3 is 9.47 Å². The first-order valence-electron chi connectivity index (χ1n) is 8.02. The van der Waals surface area contributed by atoms with E-state index in [1.54, 1.807) is 7.11 Å². The van der Waals surface area contributed by atoms with Gasteiger partial charge in [0.05, 0.1) is 24.7 Å². The summed E-state index contributed by atoms with van der Waals surface area (Å²) in [6.07, 6.45) is 1.91. The first kappa shape index (κ1) is 14.8. The third kappa shape index (κ3) is 2.18. The third-order valence-corrected chi connectivity index (χ3v) is 4.51. The van der Waals surface area contributed by atoms with Crippen molar-refractivity contribution in [3.63, 3.8) is 0 Å². The van der Waals surface area contributed by atoms with Crippen LogP contribution in [0.5, 0.6) is 11.5 Å². The zero-order valence-electron chi connectivity index (χ0n) is 14.3. The molecule has 3 aromatic rings. The second kappa shape index (κ2) is 5.13. The number of ether oxygens (including phenoxy) is 2. The Morgan fingerprint density at radius 1 is 1.08 bits per heavy atom. The van der Waals surface area contributed by atoms with Crippen molar-refractivity contribution in [2.24, 2.45) is 0 Å². The highest BCUT2D eigenvalue weighted by Crippen LogP contribution is 2.46. The Morgan fingerprint density at radius 2 is 1.83 bits per heavy atom. The van der Waals surface area contributed by atoms with Crippen LogP contribution in [0.4, 0.5) is 0 Å². The molecule has 0 unspecified atom stereocenters. The number of hydrogen-bond donors (Lipinski definition) is 0. The minimum atomic E-state index is -0.447. The highest BCUT2D eigenvalue weighted by Gasteiger charge is 2.36. The van der Waals surface area contributed by atoms with Gasteiger partial charge in [-0.25, -0.2) is 4.68 Å². The van der Waals surface area contributed by atoms with E-state index in [0.29, 0.717) is 0 Å². The van der Waals surface area contributed by atoms with Gasteiger partial charge in [0, 0.05) is 17.2 Å². The van der Waals surface area contributed by atoms with E-state index in [0.717, 1.165) is 34.0 Å². The fraction of sp³-hybridized carbons (Fsp3) is 0.250. The average molecular weight is 320 g/mol. The minimum absolute atomic E-state index is 0.447. The Hall–Kier alpha value is -2.75. The number of benzene rings is 2. The molecule has 0 bridgehead atoms. The predicted molar refractivity (Wildman–Crippen MR) is 93.9 cm³/mol. The lowest BCUT2D eigenvalue weighted by atomic mass is 9.91. The molecule has 0 radical (unpaired) electrons. The molecule has 4 heteroatoms. The summed E-state index contributed by atoms with van der Waals surface area (Å²) in [4.78, 5) is 0. The van der Waals surface area contributed by atoms with Crippen LogP contribution in [0.2, 0.25) is 0 Å². The quantitative estimate of drug-likeness (QED) is 0.698. The molecule has 1 aliphatic heterocycles. The van der Waals surface area contributed by atoms with Crippen LogP contribution in [0, 0.1) is 6.92 Å². The van der Waals surface area contributed by atoms with Gasteiger partial charge in [-0.3, -0.25) is 0 Å². The first-order chi connectivity index (χ1) is 11.5. The van der Waals surface area contributed by atoms with Crippen molar-refractivity contribution < 1.29 is 9.47 Å². The van der Waals surface area contributed by atoms with Crippen molar-refractivity contribution in [2.45, 2.75) is 26.4 Å². The fourth-order valence-corrected chi connectivity index (χ4v) is 3.17. The molecule has 122 valence electrons. The highest BCUT2D eigenvalue weighted by molar-refractivity contribution is 5.76. The van der Waals surface area contributed by atoms with Crippen molar-refractivity contribution >= 4 is 0 Å². The lowest BCUT2D eigenvalue weighted by Crippen LogP contribution is -2.29. The summed E-state index contributed by atoms with van der Waals surface area (Å²) < 4.78 is 13.6. The molecule has 0 aliphatic carbocycles. The van der Waals surface area contributed by atoms with Gasteiger partial charge in [-0.15, -0.1) is 0 Å². The Kier molecular flexibility index (Phi) is 3.17. The maximum Gasteiger partial charge on any atom is 0.133 e. The number of rotatable bonds is 2. The highest BCUT2D eigenvalue weighted by atomic mass is 16.5. The number of nitrogens with zero attached hydrogens (tertiary/aromatic N) is 2. The van der Waals surface area contributed by atoms with Gasteiger partial charge in [0.25, 0.3) is 0 Å². The molecule has 4 rings (SSSR count). The van der Waals surface area contributed by atoms with E-state index in [2.05, 4.69) is 50.1 Å². The van der Waals surface area contributed by atoms with E-state index < -0.39 is 5.60 Å². The Bertz CT molecular complexity index is 908. The monoisotopic (exact) mass is 320 g/mol. The van der Waals surface area contributed by atoms with Crippen molar-refractivity contribution in [3.8, 4) is 28.4 Å². The van der Waals surface area contributed by atoms with Crippen LogP contribution in [0.3, 0.4) is 0 Å². The molecule has 0 amide bonds.